The smallest absolute Gasteiger partial charge is 0.325 e. The van der Waals surface area contributed by atoms with Gasteiger partial charge in [-0.3, -0.25) is 10.1 Å². The zero-order valence-corrected chi connectivity index (χ0v) is 20.9. The van der Waals surface area contributed by atoms with Crippen LogP contribution in [0.3, 0.4) is 0 Å². The van der Waals surface area contributed by atoms with Gasteiger partial charge in [-0.15, -0.1) is 0 Å². The fraction of sp³-hybridized carbons (Fsp3) is 0.348. The summed E-state index contributed by atoms with van der Waals surface area (Å²) < 4.78 is 10.4. The summed E-state index contributed by atoms with van der Waals surface area (Å²) >= 11 is 1.38. The van der Waals surface area contributed by atoms with Crippen LogP contribution in [0.5, 0.6) is 11.9 Å². The molecular formula is C23H27N7O5S. The van der Waals surface area contributed by atoms with Crippen LogP contribution in [0.2, 0.25) is 0 Å². The number of urea groups is 1. The van der Waals surface area contributed by atoms with Gasteiger partial charge in [0.05, 0.1) is 44.3 Å². The lowest BCUT2D eigenvalue weighted by Crippen LogP contribution is -2.35. The van der Waals surface area contributed by atoms with Gasteiger partial charge < -0.3 is 30.1 Å². The third kappa shape index (κ3) is 5.80. The number of benzene rings is 1. The van der Waals surface area contributed by atoms with Gasteiger partial charge >= 0.3 is 12.0 Å². The normalized spacial score (nSPS) is 13.4. The van der Waals surface area contributed by atoms with Crippen molar-refractivity contribution < 1.29 is 24.2 Å². The number of hydrogen-bond donors (Lipinski definition) is 4. The molecule has 0 saturated carbocycles. The number of thiazole rings is 1. The predicted octanol–water partition coefficient (Wildman–Crippen LogP) is 2.27. The zero-order chi connectivity index (χ0) is 25.7. The number of carbonyl (C=O) groups is 2. The highest BCUT2D eigenvalue weighted by Crippen LogP contribution is 2.31. The molecule has 0 fully saturated rings. The number of hydrogen-bond acceptors (Lipinski definition) is 10. The van der Waals surface area contributed by atoms with E-state index in [0.29, 0.717) is 42.0 Å². The zero-order valence-electron chi connectivity index (χ0n) is 20.1. The van der Waals surface area contributed by atoms with Crippen LogP contribution in [-0.2, 0) is 13.0 Å². The number of amides is 3. The van der Waals surface area contributed by atoms with E-state index in [1.54, 1.807) is 37.3 Å². The van der Waals surface area contributed by atoms with E-state index >= 15 is 0 Å². The van der Waals surface area contributed by atoms with E-state index in [4.69, 9.17) is 9.47 Å². The van der Waals surface area contributed by atoms with Crippen LogP contribution in [0, 0.1) is 0 Å². The van der Waals surface area contributed by atoms with Crippen LogP contribution in [0.4, 0.5) is 21.4 Å². The lowest BCUT2D eigenvalue weighted by molar-refractivity contribution is 0.0923. The molecule has 0 spiro atoms. The summed E-state index contributed by atoms with van der Waals surface area (Å²) in [7, 11) is 3.03. The van der Waals surface area contributed by atoms with Crippen molar-refractivity contribution in [1.29, 1.82) is 0 Å². The number of anilines is 3. The maximum absolute atomic E-state index is 12.7. The largest absolute Gasteiger partial charge is 0.481 e. The second kappa shape index (κ2) is 11.2. The van der Waals surface area contributed by atoms with Crippen molar-refractivity contribution in [3.05, 3.63) is 46.5 Å². The van der Waals surface area contributed by atoms with Gasteiger partial charge in [-0.1, -0.05) is 23.5 Å². The minimum Gasteiger partial charge on any atom is -0.481 e. The Morgan fingerprint density at radius 1 is 1.17 bits per heavy atom. The van der Waals surface area contributed by atoms with Crippen molar-refractivity contribution in [3.8, 4) is 11.9 Å². The average molecular weight is 514 g/mol. The van der Waals surface area contributed by atoms with Crippen molar-refractivity contribution >= 4 is 39.9 Å². The first-order chi connectivity index (χ1) is 17.4. The van der Waals surface area contributed by atoms with Crippen LogP contribution < -0.4 is 30.3 Å². The predicted molar refractivity (Wildman–Crippen MR) is 135 cm³/mol. The molecule has 4 N–H and O–H groups in total. The molecule has 12 nitrogen and oxygen atoms in total. The van der Waals surface area contributed by atoms with Gasteiger partial charge in [0, 0.05) is 30.0 Å². The van der Waals surface area contributed by atoms with Gasteiger partial charge in [0.15, 0.2) is 5.13 Å². The highest BCUT2D eigenvalue weighted by Gasteiger charge is 2.24. The maximum Gasteiger partial charge on any atom is 0.325 e. The fourth-order valence-electron chi connectivity index (χ4n) is 3.58. The number of nitrogens with one attached hydrogen (secondary N) is 3. The monoisotopic (exact) mass is 513 g/mol. The Morgan fingerprint density at radius 2 is 1.97 bits per heavy atom. The Balaban J connectivity index is 1.43. The van der Waals surface area contributed by atoms with Crippen LogP contribution in [0.1, 0.15) is 27.9 Å². The van der Waals surface area contributed by atoms with Gasteiger partial charge in [0.2, 0.25) is 5.88 Å². The molecule has 4 rings (SSSR count). The molecule has 0 aliphatic carbocycles. The van der Waals surface area contributed by atoms with E-state index in [2.05, 4.69) is 35.8 Å². The molecule has 0 radical (unpaired) electrons. The van der Waals surface area contributed by atoms with E-state index < -0.39 is 18.0 Å². The number of aliphatic hydroxyl groups is 1. The van der Waals surface area contributed by atoms with E-state index in [9.17, 15) is 14.7 Å². The van der Waals surface area contributed by atoms with E-state index in [-0.39, 0.29) is 18.2 Å². The Bertz CT molecular complexity index is 1230. The summed E-state index contributed by atoms with van der Waals surface area (Å²) in [5.41, 5.74) is 1.55. The lowest BCUT2D eigenvalue weighted by atomic mass is 10.1. The molecule has 1 aliphatic heterocycles. The first kappa shape index (κ1) is 25.1. The Morgan fingerprint density at radius 3 is 2.72 bits per heavy atom. The standard InChI is InChI=1S/C23H27N7O5S/c1-13(12-31)24-20(32)14-6-4-5-7-15(14)25-21(33)29-23-26-16-8-9-30(11-17(16)36-23)18-10-19(34-2)28-22(27-18)35-3/h4-7,10,13,31H,8-9,11-12H2,1-3H3,(H,24,32)(H2,25,26,29,33). The van der Waals surface area contributed by atoms with Crippen molar-refractivity contribution in [3.63, 3.8) is 0 Å². The van der Waals surface area contributed by atoms with Gasteiger partial charge in [-0.2, -0.15) is 9.97 Å². The Kier molecular flexibility index (Phi) is 7.80. The minimum atomic E-state index is -0.515. The highest BCUT2D eigenvalue weighted by atomic mass is 32.1. The molecular weight excluding hydrogens is 486 g/mol. The highest BCUT2D eigenvalue weighted by molar-refractivity contribution is 7.15. The molecule has 3 amide bonds. The number of ether oxygens (including phenoxy) is 2. The number of aliphatic hydroxyl groups excluding tert-OH is 1. The molecule has 2 aromatic heterocycles. The number of aromatic nitrogens is 3. The average Bonchev–Trinajstić information content (AvgIpc) is 3.29. The summed E-state index contributed by atoms with van der Waals surface area (Å²) in [5.74, 6) is 0.691. The van der Waals surface area contributed by atoms with Crippen LogP contribution in [0.25, 0.3) is 0 Å². The molecule has 190 valence electrons. The minimum absolute atomic E-state index is 0.188. The van der Waals surface area contributed by atoms with Gasteiger partial charge in [0.25, 0.3) is 5.91 Å². The molecule has 1 atom stereocenters. The second-order valence-electron chi connectivity index (χ2n) is 8.00. The molecule has 3 aromatic rings. The number of rotatable bonds is 8. The molecule has 13 heteroatoms. The number of para-hydroxylation sites is 1. The molecule has 36 heavy (non-hydrogen) atoms. The van der Waals surface area contributed by atoms with E-state index in [0.717, 1.165) is 10.6 Å². The Labute approximate surface area is 211 Å². The second-order valence-corrected chi connectivity index (χ2v) is 9.08. The summed E-state index contributed by atoms with van der Waals surface area (Å²) in [6.07, 6.45) is 0.676. The summed E-state index contributed by atoms with van der Waals surface area (Å²) in [6.45, 7) is 2.74. The maximum atomic E-state index is 12.7. The molecule has 1 aromatic carbocycles. The number of methoxy groups -OCH3 is 2. The van der Waals surface area contributed by atoms with Crippen molar-refractivity contribution in [2.75, 3.05) is 42.9 Å². The first-order valence-electron chi connectivity index (χ1n) is 11.2. The molecule has 0 bridgehead atoms. The van der Waals surface area contributed by atoms with E-state index in [1.807, 2.05) is 0 Å². The lowest BCUT2D eigenvalue weighted by Gasteiger charge is -2.27. The number of fused-ring (bicyclic) bond motifs is 1. The SMILES string of the molecule is COc1cc(N2CCc3nc(NC(=O)Nc4ccccc4C(=O)NC(C)CO)sc3C2)nc(OC)n1. The fourth-order valence-corrected chi connectivity index (χ4v) is 4.60. The Hall–Kier alpha value is -3.97. The third-order valence-corrected chi connectivity index (χ3v) is 6.41. The summed E-state index contributed by atoms with van der Waals surface area (Å²) in [5, 5.41) is 17.8. The van der Waals surface area contributed by atoms with Crippen molar-refractivity contribution in [1.82, 2.24) is 20.3 Å². The molecule has 1 aliphatic rings. The summed E-state index contributed by atoms with van der Waals surface area (Å²) in [4.78, 5) is 41.4. The third-order valence-electron chi connectivity index (χ3n) is 5.41. The van der Waals surface area contributed by atoms with Crippen molar-refractivity contribution in [2.45, 2.75) is 25.9 Å². The topological polar surface area (TPSA) is 151 Å². The van der Waals surface area contributed by atoms with Gasteiger partial charge in [-0.05, 0) is 19.1 Å². The summed E-state index contributed by atoms with van der Waals surface area (Å²) in [6, 6.07) is 7.69. The van der Waals surface area contributed by atoms with Crippen LogP contribution in [-0.4, -0.2) is 65.4 Å². The molecule has 1 unspecified atom stereocenters. The first-order valence-corrected chi connectivity index (χ1v) is 12.0. The van der Waals surface area contributed by atoms with Gasteiger partial charge in [0.1, 0.15) is 5.82 Å². The quantitative estimate of drug-likeness (QED) is 0.356. The van der Waals surface area contributed by atoms with E-state index in [1.165, 1.54) is 25.6 Å². The number of nitrogens with zero attached hydrogens (tertiary/aromatic N) is 4. The molecule has 0 saturated heterocycles. The molecule has 3 heterocycles. The van der Waals surface area contributed by atoms with Crippen molar-refractivity contribution in [2.24, 2.45) is 0 Å². The van der Waals surface area contributed by atoms with Gasteiger partial charge in [-0.25, -0.2) is 9.78 Å². The number of carbonyl (C=O) groups excluding carboxylic acids is 2. The van der Waals surface area contributed by atoms with Crippen LogP contribution >= 0.6 is 11.3 Å². The van der Waals surface area contributed by atoms with Crippen LogP contribution in [0.15, 0.2) is 30.3 Å².